The van der Waals surface area contributed by atoms with Gasteiger partial charge >= 0.3 is 0 Å². The van der Waals surface area contributed by atoms with Crippen molar-refractivity contribution in [3.05, 3.63) is 30.1 Å². The lowest BCUT2D eigenvalue weighted by molar-refractivity contribution is 0.514. The molecule has 0 aromatic heterocycles. The summed E-state index contributed by atoms with van der Waals surface area (Å²) in [5, 5.41) is -0.183. The first-order valence-corrected chi connectivity index (χ1v) is 8.33. The molecule has 2 atom stereocenters. The zero-order chi connectivity index (χ0) is 13.9. The third kappa shape index (κ3) is 3.91. The van der Waals surface area contributed by atoms with Crippen molar-refractivity contribution < 1.29 is 12.8 Å². The first-order valence-electron chi connectivity index (χ1n) is 6.41. The van der Waals surface area contributed by atoms with Gasteiger partial charge in [-0.2, -0.15) is 0 Å². The monoisotopic (exact) mass is 305 g/mol. The highest BCUT2D eigenvalue weighted by Gasteiger charge is 2.27. The maximum absolute atomic E-state index is 12.8. The van der Waals surface area contributed by atoms with Gasteiger partial charge in [0.25, 0.3) is 0 Å². The number of hydrogen-bond donors (Lipinski definition) is 1. The number of benzene rings is 1. The predicted octanol–water partition coefficient (Wildman–Crippen LogP) is 3.04. The highest BCUT2D eigenvalue weighted by Crippen LogP contribution is 2.24. The van der Waals surface area contributed by atoms with Crippen molar-refractivity contribution in [3.63, 3.8) is 0 Å². The number of halogens is 2. The van der Waals surface area contributed by atoms with Gasteiger partial charge in [0.05, 0.1) is 4.90 Å². The number of nitrogens with one attached hydrogen (secondary N) is 1. The minimum Gasteiger partial charge on any atom is -0.207 e. The second-order valence-electron chi connectivity index (χ2n) is 4.84. The Kier molecular flexibility index (Phi) is 4.81. The van der Waals surface area contributed by atoms with Gasteiger partial charge in [0.2, 0.25) is 10.0 Å². The summed E-state index contributed by atoms with van der Waals surface area (Å²) in [6, 6.07) is 4.55. The summed E-state index contributed by atoms with van der Waals surface area (Å²) in [6.45, 7) is 0. The fourth-order valence-corrected chi connectivity index (χ4v) is 4.01. The molecular weight excluding hydrogens is 289 g/mol. The Morgan fingerprint density at radius 3 is 2.42 bits per heavy atom. The molecule has 0 spiro atoms. The number of hydrogen-bond acceptors (Lipinski definition) is 2. The molecule has 0 aliphatic heterocycles. The van der Waals surface area contributed by atoms with Gasteiger partial charge in [0.1, 0.15) is 5.82 Å². The highest BCUT2D eigenvalue weighted by molar-refractivity contribution is 7.89. The van der Waals surface area contributed by atoms with Gasteiger partial charge < -0.3 is 0 Å². The molecule has 1 saturated carbocycles. The Hall–Kier alpha value is -0.650. The van der Waals surface area contributed by atoms with Crippen molar-refractivity contribution in [1.29, 1.82) is 0 Å². The van der Waals surface area contributed by atoms with Crippen LogP contribution in [-0.4, -0.2) is 19.8 Å². The summed E-state index contributed by atoms with van der Waals surface area (Å²) in [6.07, 6.45) is 4.65. The molecule has 0 saturated heterocycles. The smallest absolute Gasteiger partial charge is 0.207 e. The van der Waals surface area contributed by atoms with E-state index in [-0.39, 0.29) is 16.3 Å². The molecule has 0 bridgehead atoms. The standard InChI is InChI=1S/C13H17ClFNO2S/c14-12-4-2-1-3-5-13(12)16-19(17,18)11-8-6-10(15)7-9-11/h6-9,12-13,16H,1-5H2. The van der Waals surface area contributed by atoms with E-state index < -0.39 is 15.8 Å². The van der Waals surface area contributed by atoms with Gasteiger partial charge in [-0.1, -0.05) is 19.3 Å². The maximum atomic E-state index is 12.8. The summed E-state index contributed by atoms with van der Waals surface area (Å²) in [7, 11) is -3.63. The Balaban J connectivity index is 2.13. The highest BCUT2D eigenvalue weighted by atomic mass is 35.5. The Morgan fingerprint density at radius 1 is 1.11 bits per heavy atom. The first-order chi connectivity index (χ1) is 8.99. The van der Waals surface area contributed by atoms with Gasteiger partial charge in [-0.05, 0) is 37.1 Å². The van der Waals surface area contributed by atoms with E-state index in [1.54, 1.807) is 0 Å². The van der Waals surface area contributed by atoms with E-state index >= 15 is 0 Å². The van der Waals surface area contributed by atoms with Crippen LogP contribution in [0.2, 0.25) is 0 Å². The molecule has 1 fully saturated rings. The Morgan fingerprint density at radius 2 is 1.74 bits per heavy atom. The van der Waals surface area contributed by atoms with Crippen molar-refractivity contribution >= 4 is 21.6 Å². The van der Waals surface area contributed by atoms with Crippen LogP contribution in [0.25, 0.3) is 0 Å². The van der Waals surface area contributed by atoms with Crippen LogP contribution in [0.4, 0.5) is 4.39 Å². The third-order valence-electron chi connectivity index (χ3n) is 3.36. The summed E-state index contributed by atoms with van der Waals surface area (Å²) in [5.41, 5.74) is 0. The van der Waals surface area contributed by atoms with E-state index in [9.17, 15) is 12.8 Å². The average Bonchev–Trinajstić information content (AvgIpc) is 2.55. The molecule has 1 aliphatic rings. The minimum atomic E-state index is -3.63. The van der Waals surface area contributed by atoms with Crippen molar-refractivity contribution in [2.75, 3.05) is 0 Å². The number of rotatable bonds is 3. The van der Waals surface area contributed by atoms with E-state index in [1.807, 2.05) is 0 Å². The molecule has 3 nitrogen and oxygen atoms in total. The van der Waals surface area contributed by atoms with E-state index in [2.05, 4.69) is 4.72 Å². The topological polar surface area (TPSA) is 46.2 Å². The van der Waals surface area contributed by atoms with Gasteiger partial charge in [-0.3, -0.25) is 0 Å². The second kappa shape index (κ2) is 6.20. The maximum Gasteiger partial charge on any atom is 0.240 e. The summed E-state index contributed by atoms with van der Waals surface area (Å²) >= 11 is 6.22. The Labute approximate surface area is 118 Å². The summed E-state index contributed by atoms with van der Waals surface area (Å²) in [4.78, 5) is 0.0713. The molecule has 1 aliphatic carbocycles. The molecule has 1 N–H and O–H groups in total. The second-order valence-corrected chi connectivity index (χ2v) is 7.11. The molecule has 0 amide bonds. The van der Waals surface area contributed by atoms with Crippen LogP contribution < -0.4 is 4.72 Å². The van der Waals surface area contributed by atoms with Crippen molar-refractivity contribution in [3.8, 4) is 0 Å². The van der Waals surface area contributed by atoms with E-state index in [1.165, 1.54) is 12.1 Å². The lowest BCUT2D eigenvalue weighted by Crippen LogP contribution is -2.40. The fraction of sp³-hybridized carbons (Fsp3) is 0.538. The van der Waals surface area contributed by atoms with E-state index in [4.69, 9.17) is 11.6 Å². The Bertz CT molecular complexity index is 518. The summed E-state index contributed by atoms with van der Waals surface area (Å²) < 4.78 is 39.8. The van der Waals surface area contributed by atoms with Gasteiger partial charge in [-0.25, -0.2) is 17.5 Å². The molecule has 19 heavy (non-hydrogen) atoms. The molecule has 1 aromatic rings. The van der Waals surface area contributed by atoms with Crippen LogP contribution >= 0.6 is 11.6 Å². The van der Waals surface area contributed by atoms with Crippen molar-refractivity contribution in [2.45, 2.75) is 48.4 Å². The first kappa shape index (κ1) is 14.8. The van der Waals surface area contributed by atoms with Crippen LogP contribution in [0.15, 0.2) is 29.2 Å². The lowest BCUT2D eigenvalue weighted by atomic mass is 10.1. The SMILES string of the molecule is O=S(=O)(NC1CCCCCC1Cl)c1ccc(F)cc1. The van der Waals surface area contributed by atoms with Gasteiger partial charge in [0, 0.05) is 11.4 Å². The zero-order valence-electron chi connectivity index (χ0n) is 10.5. The van der Waals surface area contributed by atoms with E-state index in [0.717, 1.165) is 44.2 Å². The molecule has 2 unspecified atom stereocenters. The van der Waals surface area contributed by atoms with E-state index in [0.29, 0.717) is 0 Å². The predicted molar refractivity (Wildman–Crippen MR) is 73.2 cm³/mol. The summed E-state index contributed by atoms with van der Waals surface area (Å²) in [5.74, 6) is -0.455. The van der Waals surface area contributed by atoms with Crippen LogP contribution in [-0.2, 0) is 10.0 Å². The number of sulfonamides is 1. The van der Waals surface area contributed by atoms with Crippen LogP contribution in [0.1, 0.15) is 32.1 Å². The molecule has 1 aromatic carbocycles. The van der Waals surface area contributed by atoms with Crippen molar-refractivity contribution in [1.82, 2.24) is 4.72 Å². The van der Waals surface area contributed by atoms with Gasteiger partial charge in [-0.15, -0.1) is 11.6 Å². The molecule has 2 rings (SSSR count). The van der Waals surface area contributed by atoms with Crippen molar-refractivity contribution in [2.24, 2.45) is 0 Å². The van der Waals surface area contributed by atoms with Crippen LogP contribution in [0.5, 0.6) is 0 Å². The molecule has 0 radical (unpaired) electrons. The molecule has 6 heteroatoms. The minimum absolute atomic E-state index is 0.0713. The lowest BCUT2D eigenvalue weighted by Gasteiger charge is -2.21. The van der Waals surface area contributed by atoms with Crippen LogP contribution in [0, 0.1) is 5.82 Å². The largest absolute Gasteiger partial charge is 0.240 e. The van der Waals surface area contributed by atoms with Gasteiger partial charge in [0.15, 0.2) is 0 Å². The molecular formula is C13H17ClFNO2S. The van der Waals surface area contributed by atoms with Crippen LogP contribution in [0.3, 0.4) is 0 Å². The molecule has 106 valence electrons. The normalized spacial score (nSPS) is 24.9. The molecule has 0 heterocycles. The number of alkyl halides is 1. The average molecular weight is 306 g/mol. The fourth-order valence-electron chi connectivity index (χ4n) is 2.28. The third-order valence-corrected chi connectivity index (χ3v) is 5.39. The zero-order valence-corrected chi connectivity index (χ0v) is 12.1. The quantitative estimate of drug-likeness (QED) is 0.689.